The summed E-state index contributed by atoms with van der Waals surface area (Å²) in [5, 5.41) is 0. The largest absolute Gasteiger partial charge is 0.466 e. The maximum atomic E-state index is 11.5. The molecule has 2 saturated carbocycles. The summed E-state index contributed by atoms with van der Waals surface area (Å²) < 4.78 is 10.2. The number of fused-ring (bicyclic) bond motifs is 1. The van der Waals surface area contributed by atoms with Crippen LogP contribution in [-0.4, -0.2) is 25.7 Å². The molecule has 27 heavy (non-hydrogen) atoms. The Morgan fingerprint density at radius 3 is 2.59 bits per heavy atom. The first kappa shape index (κ1) is 21.7. The maximum Gasteiger partial charge on any atom is 0.330 e. The molecule has 4 heteroatoms. The van der Waals surface area contributed by atoms with E-state index < -0.39 is 0 Å². The van der Waals surface area contributed by atoms with Gasteiger partial charge in [0.05, 0.1) is 13.7 Å². The van der Waals surface area contributed by atoms with Crippen molar-refractivity contribution in [2.24, 2.45) is 22.7 Å². The topological polar surface area (TPSA) is 52.6 Å². The Morgan fingerprint density at radius 1 is 1.26 bits per heavy atom. The monoisotopic (exact) mass is 376 g/mol. The molecule has 4 nitrogen and oxygen atoms in total. The number of esters is 2. The molecule has 0 bridgehead atoms. The van der Waals surface area contributed by atoms with Gasteiger partial charge >= 0.3 is 11.9 Å². The SMILES string of the molecule is C=C1CC[C@H]2[C@](C)(COC(C)=O)CCC[C@]2(C)[C@H]1CC/C(C)=C/C(=O)OC. The van der Waals surface area contributed by atoms with Gasteiger partial charge in [-0.2, -0.15) is 0 Å². The van der Waals surface area contributed by atoms with Crippen LogP contribution < -0.4 is 0 Å². The fraction of sp³-hybridized carbons (Fsp3) is 0.739. The predicted octanol–water partition coefficient (Wildman–Crippen LogP) is 5.23. The molecular formula is C23H36O4. The quantitative estimate of drug-likeness (QED) is 0.362. The van der Waals surface area contributed by atoms with Crippen molar-refractivity contribution in [3.8, 4) is 0 Å². The molecule has 2 fully saturated rings. The summed E-state index contributed by atoms with van der Waals surface area (Å²) in [5.74, 6) is 0.488. The summed E-state index contributed by atoms with van der Waals surface area (Å²) in [6.45, 7) is 13.1. The van der Waals surface area contributed by atoms with Crippen molar-refractivity contribution in [2.45, 2.75) is 72.6 Å². The fourth-order valence-corrected chi connectivity index (χ4v) is 5.76. The summed E-state index contributed by atoms with van der Waals surface area (Å²) in [6, 6.07) is 0. The molecule has 2 aliphatic carbocycles. The molecular weight excluding hydrogens is 340 g/mol. The van der Waals surface area contributed by atoms with Crippen LogP contribution in [0.1, 0.15) is 72.6 Å². The first-order valence-electron chi connectivity index (χ1n) is 10.2. The summed E-state index contributed by atoms with van der Waals surface area (Å²) >= 11 is 0. The Labute approximate surface area is 164 Å². The standard InChI is InChI=1S/C23H36O4/c1-16(14-21(25)26-6)8-10-19-17(2)9-11-20-22(4,15-27-18(3)24)12-7-13-23(19,20)5/h14,19-20H,2,7-13,15H2,1,3-6H3/b16-14+/t19-,20-,22-,23+/m0/s1. The van der Waals surface area contributed by atoms with E-state index in [1.807, 2.05) is 6.92 Å². The van der Waals surface area contributed by atoms with Crippen LogP contribution in [0.15, 0.2) is 23.8 Å². The Kier molecular flexibility index (Phi) is 6.93. The normalized spacial score (nSPS) is 34.0. The van der Waals surface area contributed by atoms with Crippen LogP contribution >= 0.6 is 0 Å². The predicted molar refractivity (Wildman–Crippen MR) is 107 cm³/mol. The zero-order valence-electron chi connectivity index (χ0n) is 17.7. The second-order valence-corrected chi connectivity index (χ2v) is 9.15. The van der Waals surface area contributed by atoms with Gasteiger partial charge in [0.2, 0.25) is 0 Å². The molecule has 0 N–H and O–H groups in total. The van der Waals surface area contributed by atoms with Crippen molar-refractivity contribution in [2.75, 3.05) is 13.7 Å². The van der Waals surface area contributed by atoms with Gasteiger partial charge < -0.3 is 9.47 Å². The summed E-state index contributed by atoms with van der Waals surface area (Å²) in [6.07, 6.45) is 9.11. The zero-order valence-corrected chi connectivity index (χ0v) is 17.7. The van der Waals surface area contributed by atoms with Gasteiger partial charge in [-0.3, -0.25) is 4.79 Å². The van der Waals surface area contributed by atoms with Crippen LogP contribution in [0.4, 0.5) is 0 Å². The number of rotatable bonds is 6. The first-order valence-corrected chi connectivity index (χ1v) is 10.2. The Morgan fingerprint density at radius 2 is 1.96 bits per heavy atom. The first-order chi connectivity index (χ1) is 12.6. The Bertz CT molecular complexity index is 620. The molecule has 0 aromatic heterocycles. The third kappa shape index (κ3) is 4.83. The smallest absolute Gasteiger partial charge is 0.330 e. The van der Waals surface area contributed by atoms with Gasteiger partial charge in [0.15, 0.2) is 0 Å². The molecule has 0 unspecified atom stereocenters. The van der Waals surface area contributed by atoms with E-state index in [9.17, 15) is 9.59 Å². The zero-order chi connectivity index (χ0) is 20.2. The van der Waals surface area contributed by atoms with E-state index in [1.54, 1.807) is 6.08 Å². The lowest BCUT2D eigenvalue weighted by atomic mass is 9.47. The molecule has 2 aliphatic rings. The van der Waals surface area contributed by atoms with Crippen molar-refractivity contribution >= 4 is 11.9 Å². The lowest BCUT2D eigenvalue weighted by molar-refractivity contribution is -0.152. The minimum Gasteiger partial charge on any atom is -0.466 e. The lowest BCUT2D eigenvalue weighted by Gasteiger charge is -2.58. The summed E-state index contributed by atoms with van der Waals surface area (Å²) in [4.78, 5) is 22.9. The minimum absolute atomic E-state index is 0.0362. The number of carbonyl (C=O) groups excluding carboxylic acids is 2. The molecule has 2 rings (SSSR count). The molecule has 152 valence electrons. The third-order valence-electron chi connectivity index (χ3n) is 7.14. The van der Waals surface area contributed by atoms with Crippen LogP contribution in [0.5, 0.6) is 0 Å². The van der Waals surface area contributed by atoms with Gasteiger partial charge in [-0.1, -0.05) is 38.0 Å². The average Bonchev–Trinajstić information content (AvgIpc) is 2.59. The second-order valence-electron chi connectivity index (χ2n) is 9.15. The molecule has 0 aromatic rings. The molecule has 0 amide bonds. The lowest BCUT2D eigenvalue weighted by Crippen LogP contribution is -2.52. The van der Waals surface area contributed by atoms with Gasteiger partial charge in [0.1, 0.15) is 0 Å². The van der Waals surface area contributed by atoms with E-state index in [2.05, 4.69) is 20.4 Å². The Hall–Kier alpha value is -1.58. The van der Waals surface area contributed by atoms with Crippen LogP contribution in [-0.2, 0) is 19.1 Å². The molecule has 0 aliphatic heterocycles. The van der Waals surface area contributed by atoms with Gasteiger partial charge in [-0.15, -0.1) is 0 Å². The van der Waals surface area contributed by atoms with E-state index in [-0.39, 0.29) is 22.8 Å². The minimum atomic E-state index is -0.286. The van der Waals surface area contributed by atoms with Crippen molar-refractivity contribution in [3.63, 3.8) is 0 Å². The highest BCUT2D eigenvalue weighted by Gasteiger charge is 2.54. The number of hydrogen-bond acceptors (Lipinski definition) is 4. The van der Waals surface area contributed by atoms with E-state index >= 15 is 0 Å². The van der Waals surface area contributed by atoms with Gasteiger partial charge in [-0.25, -0.2) is 4.79 Å². The number of carbonyl (C=O) groups is 2. The highest BCUT2D eigenvalue weighted by Crippen LogP contribution is 2.62. The second kappa shape index (κ2) is 8.62. The molecule has 0 heterocycles. The van der Waals surface area contributed by atoms with Gasteiger partial charge in [0.25, 0.3) is 0 Å². The molecule has 4 atom stereocenters. The number of methoxy groups -OCH3 is 1. The molecule has 0 spiro atoms. The van der Waals surface area contributed by atoms with Crippen LogP contribution in [0.2, 0.25) is 0 Å². The fourth-order valence-electron chi connectivity index (χ4n) is 5.76. The van der Waals surface area contributed by atoms with E-state index in [0.29, 0.717) is 18.4 Å². The van der Waals surface area contributed by atoms with Crippen LogP contribution in [0, 0.1) is 22.7 Å². The summed E-state index contributed by atoms with van der Waals surface area (Å²) in [5.41, 5.74) is 2.61. The van der Waals surface area contributed by atoms with Crippen molar-refractivity contribution in [3.05, 3.63) is 23.8 Å². The average molecular weight is 377 g/mol. The van der Waals surface area contributed by atoms with Crippen LogP contribution in [0.25, 0.3) is 0 Å². The van der Waals surface area contributed by atoms with Gasteiger partial charge in [-0.05, 0) is 62.7 Å². The molecule has 0 saturated heterocycles. The number of ether oxygens (including phenoxy) is 2. The molecule has 0 aromatic carbocycles. The van der Waals surface area contributed by atoms with Crippen LogP contribution in [0.3, 0.4) is 0 Å². The number of hydrogen-bond donors (Lipinski definition) is 0. The highest BCUT2D eigenvalue weighted by atomic mass is 16.5. The van der Waals surface area contributed by atoms with E-state index in [1.165, 1.54) is 26.0 Å². The van der Waals surface area contributed by atoms with E-state index in [4.69, 9.17) is 9.47 Å². The molecule has 0 radical (unpaired) electrons. The van der Waals surface area contributed by atoms with Crippen molar-refractivity contribution in [1.29, 1.82) is 0 Å². The van der Waals surface area contributed by atoms with Crippen molar-refractivity contribution in [1.82, 2.24) is 0 Å². The number of allylic oxidation sites excluding steroid dienone is 2. The third-order valence-corrected chi connectivity index (χ3v) is 7.14. The van der Waals surface area contributed by atoms with E-state index in [0.717, 1.165) is 44.1 Å². The maximum absolute atomic E-state index is 11.5. The summed E-state index contributed by atoms with van der Waals surface area (Å²) in [7, 11) is 1.41. The Balaban J connectivity index is 2.18. The van der Waals surface area contributed by atoms with Crippen molar-refractivity contribution < 1.29 is 19.1 Å². The highest BCUT2D eigenvalue weighted by molar-refractivity contribution is 5.82. The van der Waals surface area contributed by atoms with Gasteiger partial charge in [0, 0.05) is 18.4 Å².